The number of aromatic nitrogens is 2. The lowest BCUT2D eigenvalue weighted by molar-refractivity contribution is -0.152. The quantitative estimate of drug-likeness (QED) is 0.607. The maximum atomic E-state index is 13.7. The van der Waals surface area contributed by atoms with E-state index in [1.807, 2.05) is 18.1 Å². The van der Waals surface area contributed by atoms with Crippen molar-refractivity contribution in [1.82, 2.24) is 24.9 Å². The van der Waals surface area contributed by atoms with Crippen molar-refractivity contribution < 1.29 is 24.2 Å². The molecule has 5 rings (SSSR count). The Hall–Kier alpha value is -2.46. The molecule has 2 N–H and O–H groups in total. The summed E-state index contributed by atoms with van der Waals surface area (Å²) in [7, 11) is 1.88. The van der Waals surface area contributed by atoms with Gasteiger partial charge in [0.25, 0.3) is 6.47 Å². The second kappa shape index (κ2) is 10.9. The number of nitrogens with zero attached hydrogens (tertiary/aromatic N) is 4. The predicted molar refractivity (Wildman–Crippen MR) is 124 cm³/mol. The van der Waals surface area contributed by atoms with Gasteiger partial charge in [-0.05, 0) is 44.4 Å². The van der Waals surface area contributed by atoms with Gasteiger partial charge in [0.05, 0.1) is 24.8 Å². The van der Waals surface area contributed by atoms with Crippen LogP contribution in [0.5, 0.6) is 0 Å². The molecule has 0 aromatic carbocycles. The van der Waals surface area contributed by atoms with Crippen LogP contribution in [0.15, 0.2) is 12.4 Å². The lowest BCUT2D eigenvalue weighted by Gasteiger charge is -2.53. The lowest BCUT2D eigenvalue weighted by Crippen LogP contribution is -2.61. The summed E-state index contributed by atoms with van der Waals surface area (Å²) in [5.74, 6) is 0.922. The molecule has 1 aromatic heterocycles. The molecule has 0 spiro atoms. The van der Waals surface area contributed by atoms with Crippen molar-refractivity contribution in [2.24, 2.45) is 24.3 Å². The molecule has 0 radical (unpaired) electrons. The number of ether oxygens (including phenoxy) is 1. The van der Waals surface area contributed by atoms with Gasteiger partial charge in [0.15, 0.2) is 0 Å². The molecule has 10 nitrogen and oxygen atoms in total. The van der Waals surface area contributed by atoms with E-state index in [-0.39, 0.29) is 24.2 Å². The van der Waals surface area contributed by atoms with Gasteiger partial charge in [0.2, 0.25) is 11.8 Å². The number of carbonyl (C=O) groups excluding carboxylic acids is 2. The van der Waals surface area contributed by atoms with Crippen LogP contribution in [-0.4, -0.2) is 88.4 Å². The number of morpholine rings is 1. The number of nitrogens with one attached hydrogen (secondary N) is 1. The fourth-order valence-corrected chi connectivity index (χ4v) is 5.98. The van der Waals surface area contributed by atoms with Crippen molar-refractivity contribution in [3.05, 3.63) is 18.0 Å². The summed E-state index contributed by atoms with van der Waals surface area (Å²) in [6.45, 7) is 5.22. The highest BCUT2D eigenvalue weighted by molar-refractivity contribution is 5.86. The number of amides is 2. The number of likely N-dealkylation sites (tertiary alicyclic amines) is 1. The normalized spacial score (nSPS) is 29.4. The van der Waals surface area contributed by atoms with Crippen molar-refractivity contribution in [3.63, 3.8) is 0 Å². The van der Waals surface area contributed by atoms with Crippen LogP contribution in [0.2, 0.25) is 0 Å². The first-order valence-electron chi connectivity index (χ1n) is 12.4. The average Bonchev–Trinajstić information content (AvgIpc) is 3.63. The van der Waals surface area contributed by atoms with Crippen molar-refractivity contribution in [1.29, 1.82) is 0 Å². The molecule has 2 saturated heterocycles. The standard InChI is InChI=1S/C23H35N5O3.CH2O2/c1-26-15-17(14-25-26)13-24-22(30)23-6-4-20(27-8-10-31-11-9-27)12-19(23)5-7-28(16-23)21(29)18-2-3-18;2-1-3/h14-15,18-20H,2-13,16H2,1H3,(H,24,30);1H,(H,2,3)/t19-,20+,23-;/m1./s1. The summed E-state index contributed by atoms with van der Waals surface area (Å²) in [5.41, 5.74) is 0.542. The molecule has 3 heterocycles. The molecule has 0 unspecified atom stereocenters. The van der Waals surface area contributed by atoms with Gasteiger partial charge in [-0.15, -0.1) is 0 Å². The summed E-state index contributed by atoms with van der Waals surface area (Å²) in [6.07, 6.45) is 9.61. The van der Waals surface area contributed by atoms with Gasteiger partial charge in [-0.2, -0.15) is 5.10 Å². The smallest absolute Gasteiger partial charge is 0.290 e. The van der Waals surface area contributed by atoms with Gasteiger partial charge in [-0.25, -0.2) is 0 Å². The zero-order chi connectivity index (χ0) is 24.1. The summed E-state index contributed by atoms with van der Waals surface area (Å²) in [6, 6.07) is 0.527. The maximum Gasteiger partial charge on any atom is 0.290 e. The average molecular weight is 476 g/mol. The van der Waals surface area contributed by atoms with Gasteiger partial charge < -0.3 is 20.1 Å². The highest BCUT2D eigenvalue weighted by Gasteiger charge is 2.54. The van der Waals surface area contributed by atoms with Gasteiger partial charge in [0.1, 0.15) is 0 Å². The molecule has 188 valence electrons. The lowest BCUT2D eigenvalue weighted by atomic mass is 9.60. The van der Waals surface area contributed by atoms with E-state index < -0.39 is 5.41 Å². The first-order valence-corrected chi connectivity index (χ1v) is 12.4. The minimum Gasteiger partial charge on any atom is -0.483 e. The largest absolute Gasteiger partial charge is 0.483 e. The first kappa shape index (κ1) is 24.7. The molecular weight excluding hydrogens is 438 g/mol. The minimum atomic E-state index is -0.464. The SMILES string of the molecule is Cn1cc(CNC(=O)[C@@]23CC[C@H](N4CCOCC4)C[C@H]2CCN(C(=O)C2CC2)C3)cn1.O=CO. The number of fused-ring (bicyclic) bond motifs is 1. The molecule has 3 atom stereocenters. The molecule has 2 aliphatic heterocycles. The fraction of sp³-hybridized carbons (Fsp3) is 0.750. The van der Waals surface area contributed by atoms with Crippen molar-refractivity contribution in [2.75, 3.05) is 39.4 Å². The van der Waals surface area contributed by atoms with Crippen LogP contribution < -0.4 is 5.32 Å². The topological polar surface area (TPSA) is 117 Å². The third kappa shape index (κ3) is 5.43. The third-order valence-electron chi connectivity index (χ3n) is 7.95. The van der Waals surface area contributed by atoms with E-state index in [0.717, 1.165) is 76.9 Å². The van der Waals surface area contributed by atoms with E-state index in [1.165, 1.54) is 0 Å². The third-order valence-corrected chi connectivity index (χ3v) is 7.95. The summed E-state index contributed by atoms with van der Waals surface area (Å²) in [5, 5.41) is 14.3. The number of hydrogen-bond donors (Lipinski definition) is 2. The molecule has 10 heteroatoms. The van der Waals surface area contributed by atoms with Gasteiger partial charge >= 0.3 is 0 Å². The maximum absolute atomic E-state index is 13.7. The van der Waals surface area contributed by atoms with Crippen LogP contribution in [0, 0.1) is 17.3 Å². The van der Waals surface area contributed by atoms with Crippen molar-refractivity contribution >= 4 is 18.3 Å². The Bertz CT molecular complexity index is 866. The summed E-state index contributed by atoms with van der Waals surface area (Å²) in [4.78, 5) is 39.4. The number of carbonyl (C=O) groups is 3. The number of carboxylic acid groups (broad SMARTS) is 1. The highest BCUT2D eigenvalue weighted by Crippen LogP contribution is 2.48. The van der Waals surface area contributed by atoms with Crippen LogP contribution >= 0.6 is 0 Å². The monoisotopic (exact) mass is 475 g/mol. The first-order chi connectivity index (χ1) is 16.5. The van der Waals surface area contributed by atoms with Crippen LogP contribution in [0.3, 0.4) is 0 Å². The van der Waals surface area contributed by atoms with E-state index in [1.54, 1.807) is 10.9 Å². The highest BCUT2D eigenvalue weighted by atomic mass is 16.5. The van der Waals surface area contributed by atoms with Gasteiger partial charge in [-0.1, -0.05) is 0 Å². The Labute approximate surface area is 200 Å². The van der Waals surface area contributed by atoms with E-state index in [0.29, 0.717) is 25.0 Å². The molecule has 2 aliphatic carbocycles. The van der Waals surface area contributed by atoms with E-state index in [2.05, 4.69) is 15.3 Å². The minimum absolute atomic E-state index is 0.120. The van der Waals surface area contributed by atoms with Crippen LogP contribution in [-0.2, 0) is 32.7 Å². The summed E-state index contributed by atoms with van der Waals surface area (Å²) >= 11 is 0. The van der Waals surface area contributed by atoms with Gasteiger partial charge in [0, 0.05) is 63.5 Å². The number of hydrogen-bond acceptors (Lipinski definition) is 6. The molecule has 4 fully saturated rings. The predicted octanol–water partition coefficient (Wildman–Crippen LogP) is 0.867. The Balaban J connectivity index is 0.000000868. The van der Waals surface area contributed by atoms with Crippen LogP contribution in [0.25, 0.3) is 0 Å². The number of piperidine rings is 1. The molecule has 1 aromatic rings. The van der Waals surface area contributed by atoms with Crippen LogP contribution in [0.4, 0.5) is 0 Å². The molecule has 0 bridgehead atoms. The second-order valence-corrected chi connectivity index (χ2v) is 10.1. The molecule has 2 amide bonds. The fourth-order valence-electron chi connectivity index (χ4n) is 5.98. The van der Waals surface area contributed by atoms with E-state index in [4.69, 9.17) is 14.6 Å². The Morgan fingerprint density at radius 1 is 1.24 bits per heavy atom. The van der Waals surface area contributed by atoms with E-state index in [9.17, 15) is 9.59 Å². The van der Waals surface area contributed by atoms with E-state index >= 15 is 0 Å². The summed E-state index contributed by atoms with van der Waals surface area (Å²) < 4.78 is 7.30. The van der Waals surface area contributed by atoms with Crippen LogP contribution in [0.1, 0.15) is 44.1 Å². The molecule has 4 aliphatic rings. The second-order valence-electron chi connectivity index (χ2n) is 10.1. The van der Waals surface area contributed by atoms with Crippen molar-refractivity contribution in [3.8, 4) is 0 Å². The zero-order valence-electron chi connectivity index (χ0n) is 20.0. The van der Waals surface area contributed by atoms with Gasteiger partial charge in [-0.3, -0.25) is 24.0 Å². The Morgan fingerprint density at radius 2 is 1.97 bits per heavy atom. The van der Waals surface area contributed by atoms with Crippen molar-refractivity contribution in [2.45, 2.75) is 51.1 Å². The number of aryl methyl sites for hydroxylation is 1. The molecular formula is C24H37N5O5. The Morgan fingerprint density at radius 3 is 2.62 bits per heavy atom. The zero-order valence-corrected chi connectivity index (χ0v) is 20.0. The molecule has 34 heavy (non-hydrogen) atoms. The molecule has 2 saturated carbocycles. The Kier molecular flexibility index (Phi) is 7.88. The number of rotatable bonds is 5.